The van der Waals surface area contributed by atoms with Gasteiger partial charge in [0.05, 0.1) is 24.1 Å². The van der Waals surface area contributed by atoms with E-state index in [-0.39, 0.29) is 12.1 Å². The van der Waals surface area contributed by atoms with E-state index in [9.17, 15) is 4.79 Å². The molecule has 3 aliphatic heterocycles. The fraction of sp³-hybridized carbons (Fsp3) is 0.571. The van der Waals surface area contributed by atoms with Crippen molar-refractivity contribution in [3.8, 4) is 11.5 Å². The predicted molar refractivity (Wildman–Crippen MR) is 144 cm³/mol. The molecule has 0 unspecified atom stereocenters. The maximum Gasteiger partial charge on any atom is 0.410 e. The number of aromatic nitrogens is 3. The molecule has 5 heterocycles. The molecule has 3 aliphatic rings. The van der Waals surface area contributed by atoms with Crippen LogP contribution >= 0.6 is 0 Å². The summed E-state index contributed by atoms with van der Waals surface area (Å²) < 4.78 is 17.1. The highest BCUT2D eigenvalue weighted by molar-refractivity contribution is 5.68. The summed E-state index contributed by atoms with van der Waals surface area (Å²) in [6.45, 7) is 13.6. The van der Waals surface area contributed by atoms with Crippen LogP contribution in [0.5, 0.6) is 11.5 Å². The third-order valence-corrected chi connectivity index (χ3v) is 6.93. The molecule has 204 valence electrons. The molecule has 38 heavy (non-hydrogen) atoms. The summed E-state index contributed by atoms with van der Waals surface area (Å²) in [5.41, 5.74) is 2.05. The Morgan fingerprint density at radius 3 is 2.63 bits per heavy atom. The molecule has 0 aliphatic carbocycles. The molecule has 1 saturated heterocycles. The van der Waals surface area contributed by atoms with Crippen molar-refractivity contribution < 1.29 is 19.0 Å². The van der Waals surface area contributed by atoms with Gasteiger partial charge in [0.2, 0.25) is 0 Å². The number of amides is 1. The second-order valence-corrected chi connectivity index (χ2v) is 11.1. The van der Waals surface area contributed by atoms with Crippen molar-refractivity contribution in [2.24, 2.45) is 0 Å². The number of aryl methyl sites for hydroxylation is 1. The van der Waals surface area contributed by atoms with E-state index in [0.717, 1.165) is 68.5 Å². The summed E-state index contributed by atoms with van der Waals surface area (Å²) in [7, 11) is 0. The van der Waals surface area contributed by atoms with Crippen molar-refractivity contribution in [1.82, 2.24) is 24.8 Å². The SMILES string of the molecule is Cc1cnc2c(n1)N(CCN1CCC(N(Cc3cc4c(cn3)OCCO4)C(=O)OC(C)(C)C)CC1)CC=C2. The average Bonchev–Trinajstić information content (AvgIpc) is 2.90. The molecular formula is C28H38N6O4. The van der Waals surface area contributed by atoms with Crippen LogP contribution in [0.1, 0.15) is 50.7 Å². The summed E-state index contributed by atoms with van der Waals surface area (Å²) in [5.74, 6) is 2.28. The van der Waals surface area contributed by atoms with Gasteiger partial charge in [-0.1, -0.05) is 6.08 Å². The first-order chi connectivity index (χ1) is 18.2. The van der Waals surface area contributed by atoms with Crippen molar-refractivity contribution in [3.05, 3.63) is 41.6 Å². The van der Waals surface area contributed by atoms with Crippen molar-refractivity contribution in [3.63, 3.8) is 0 Å². The summed E-state index contributed by atoms with van der Waals surface area (Å²) in [5, 5.41) is 0. The average molecular weight is 523 g/mol. The van der Waals surface area contributed by atoms with Crippen LogP contribution in [-0.2, 0) is 11.3 Å². The molecule has 0 aromatic carbocycles. The molecule has 0 atom stereocenters. The van der Waals surface area contributed by atoms with E-state index in [1.807, 2.05) is 50.9 Å². The number of pyridine rings is 1. The third-order valence-electron chi connectivity index (χ3n) is 6.93. The molecule has 0 bridgehead atoms. The summed E-state index contributed by atoms with van der Waals surface area (Å²) in [4.78, 5) is 33.7. The Hall–Kier alpha value is -3.40. The number of hydrogen-bond donors (Lipinski definition) is 0. The fourth-order valence-corrected chi connectivity index (χ4v) is 5.03. The second-order valence-electron chi connectivity index (χ2n) is 11.1. The molecule has 10 heteroatoms. The number of ether oxygens (including phenoxy) is 3. The molecule has 0 radical (unpaired) electrons. The monoisotopic (exact) mass is 522 g/mol. The maximum atomic E-state index is 13.3. The first-order valence-corrected chi connectivity index (χ1v) is 13.5. The van der Waals surface area contributed by atoms with E-state index in [2.05, 4.69) is 25.8 Å². The lowest BCUT2D eigenvalue weighted by Crippen LogP contribution is -2.49. The number of likely N-dealkylation sites (tertiary alicyclic amines) is 1. The van der Waals surface area contributed by atoms with Crippen molar-refractivity contribution in [1.29, 1.82) is 0 Å². The highest BCUT2D eigenvalue weighted by Crippen LogP contribution is 2.31. The van der Waals surface area contributed by atoms with Gasteiger partial charge < -0.3 is 24.0 Å². The zero-order chi connectivity index (χ0) is 26.7. The molecule has 0 saturated carbocycles. The quantitative estimate of drug-likeness (QED) is 0.563. The number of hydrogen-bond acceptors (Lipinski definition) is 9. The molecule has 0 N–H and O–H groups in total. The van der Waals surface area contributed by atoms with Crippen LogP contribution in [-0.4, -0.2) is 88.4 Å². The lowest BCUT2D eigenvalue weighted by atomic mass is 10.0. The second kappa shape index (κ2) is 11.1. The van der Waals surface area contributed by atoms with Gasteiger partial charge >= 0.3 is 6.09 Å². The Morgan fingerprint density at radius 1 is 1.11 bits per heavy atom. The van der Waals surface area contributed by atoms with Crippen LogP contribution < -0.4 is 14.4 Å². The Kier molecular flexibility index (Phi) is 7.69. The van der Waals surface area contributed by atoms with E-state index in [0.29, 0.717) is 31.3 Å². The molecule has 2 aromatic rings. The standard InChI is InChI=1S/C28H38N6O4/c1-20-17-30-23-6-5-9-33(26(23)31-20)13-12-32-10-7-22(8-11-32)34(27(35)38-28(2,3)4)19-21-16-24-25(18-29-21)37-15-14-36-24/h5-6,16-18,22H,7-15,19H2,1-4H3. The molecular weight excluding hydrogens is 484 g/mol. The van der Waals surface area contributed by atoms with E-state index in [1.54, 1.807) is 6.20 Å². The maximum absolute atomic E-state index is 13.3. The molecule has 10 nitrogen and oxygen atoms in total. The zero-order valence-electron chi connectivity index (χ0n) is 22.9. The van der Waals surface area contributed by atoms with Crippen LogP contribution in [0, 0.1) is 6.92 Å². The fourth-order valence-electron chi connectivity index (χ4n) is 5.03. The van der Waals surface area contributed by atoms with E-state index in [4.69, 9.17) is 19.2 Å². The van der Waals surface area contributed by atoms with Crippen LogP contribution in [0.2, 0.25) is 0 Å². The lowest BCUT2D eigenvalue weighted by Gasteiger charge is -2.39. The number of piperidine rings is 1. The van der Waals surface area contributed by atoms with Gasteiger partial charge in [0, 0.05) is 51.0 Å². The molecule has 1 fully saturated rings. The molecule has 0 spiro atoms. The Labute approximate surface area is 224 Å². The van der Waals surface area contributed by atoms with Crippen LogP contribution in [0.3, 0.4) is 0 Å². The topological polar surface area (TPSA) is 93.2 Å². The van der Waals surface area contributed by atoms with Crippen LogP contribution in [0.15, 0.2) is 24.5 Å². The smallest absolute Gasteiger partial charge is 0.410 e. The normalized spacial score (nSPS) is 17.7. The number of carbonyl (C=O) groups excluding carboxylic acids is 1. The number of anilines is 1. The van der Waals surface area contributed by atoms with Gasteiger partial charge in [-0.25, -0.2) is 9.78 Å². The number of rotatable bonds is 6. The molecule has 1 amide bonds. The minimum absolute atomic E-state index is 0.0725. The first kappa shape index (κ1) is 26.2. The lowest BCUT2D eigenvalue weighted by molar-refractivity contribution is 0.00556. The Balaban J connectivity index is 1.21. The predicted octanol–water partition coefficient (Wildman–Crippen LogP) is 3.69. The number of carbonyl (C=O) groups is 1. The van der Waals surface area contributed by atoms with Gasteiger partial charge in [-0.2, -0.15) is 0 Å². The zero-order valence-corrected chi connectivity index (χ0v) is 22.9. The largest absolute Gasteiger partial charge is 0.486 e. The van der Waals surface area contributed by atoms with E-state index >= 15 is 0 Å². The number of nitrogens with zero attached hydrogens (tertiary/aromatic N) is 6. The van der Waals surface area contributed by atoms with E-state index in [1.165, 1.54) is 0 Å². The van der Waals surface area contributed by atoms with Crippen molar-refractivity contribution >= 4 is 18.0 Å². The van der Waals surface area contributed by atoms with Crippen molar-refractivity contribution in [2.45, 2.75) is 58.7 Å². The summed E-state index contributed by atoms with van der Waals surface area (Å²) >= 11 is 0. The third kappa shape index (κ3) is 6.35. The Morgan fingerprint density at radius 2 is 1.87 bits per heavy atom. The Bertz CT molecular complexity index is 1170. The summed E-state index contributed by atoms with van der Waals surface area (Å²) in [6.07, 6.45) is 9.12. The van der Waals surface area contributed by atoms with Gasteiger partial charge in [0.15, 0.2) is 17.3 Å². The minimum Gasteiger partial charge on any atom is -0.486 e. The van der Waals surface area contributed by atoms with Gasteiger partial charge in [-0.15, -0.1) is 0 Å². The minimum atomic E-state index is -0.573. The van der Waals surface area contributed by atoms with Crippen LogP contribution in [0.4, 0.5) is 10.6 Å². The van der Waals surface area contributed by atoms with Crippen LogP contribution in [0.25, 0.3) is 6.08 Å². The summed E-state index contributed by atoms with van der Waals surface area (Å²) in [6, 6.07) is 1.94. The molecule has 2 aromatic heterocycles. The van der Waals surface area contributed by atoms with Gasteiger partial charge in [0.25, 0.3) is 0 Å². The highest BCUT2D eigenvalue weighted by Gasteiger charge is 2.32. The number of fused-ring (bicyclic) bond motifs is 2. The van der Waals surface area contributed by atoms with E-state index < -0.39 is 5.60 Å². The molecule has 5 rings (SSSR count). The van der Waals surface area contributed by atoms with Crippen molar-refractivity contribution in [2.75, 3.05) is 50.8 Å². The highest BCUT2D eigenvalue weighted by atomic mass is 16.6. The van der Waals surface area contributed by atoms with Gasteiger partial charge in [-0.05, 0) is 46.6 Å². The van der Waals surface area contributed by atoms with Gasteiger partial charge in [-0.3, -0.25) is 14.9 Å². The first-order valence-electron chi connectivity index (χ1n) is 13.5. The van der Waals surface area contributed by atoms with Gasteiger partial charge in [0.1, 0.15) is 24.5 Å².